The van der Waals surface area contributed by atoms with E-state index in [4.69, 9.17) is 5.73 Å². The molecule has 112 valence electrons. The zero-order valence-corrected chi connectivity index (χ0v) is 12.1. The predicted molar refractivity (Wildman–Crippen MR) is 79.2 cm³/mol. The average molecular weight is 278 g/mol. The van der Waals surface area contributed by atoms with Crippen LogP contribution in [0, 0.1) is 5.92 Å². The van der Waals surface area contributed by atoms with Crippen LogP contribution < -0.4 is 5.73 Å². The molecule has 1 aromatic heterocycles. The van der Waals surface area contributed by atoms with Crippen molar-refractivity contribution in [2.24, 2.45) is 5.92 Å². The quantitative estimate of drug-likeness (QED) is 0.856. The summed E-state index contributed by atoms with van der Waals surface area (Å²) in [5, 5.41) is 14.4. The Bertz CT molecular complexity index is 427. The second kappa shape index (κ2) is 6.14. The molecule has 5 nitrogen and oxygen atoms in total. The Morgan fingerprint density at radius 2 is 2.05 bits per heavy atom. The number of anilines is 1. The van der Waals surface area contributed by atoms with Gasteiger partial charge in [-0.1, -0.05) is 12.8 Å². The fraction of sp³-hybridized carbons (Fsp3) is 0.800. The van der Waals surface area contributed by atoms with E-state index >= 15 is 0 Å². The average Bonchev–Trinajstić information content (AvgIpc) is 3.10. The van der Waals surface area contributed by atoms with Crippen molar-refractivity contribution in [2.75, 3.05) is 18.8 Å². The summed E-state index contributed by atoms with van der Waals surface area (Å²) in [6, 6.07) is 0.704. The maximum atomic E-state index is 10.3. The third-order valence-electron chi connectivity index (χ3n) is 4.85. The summed E-state index contributed by atoms with van der Waals surface area (Å²) in [7, 11) is 0. The molecular formula is C15H26N4O. The summed E-state index contributed by atoms with van der Waals surface area (Å²) in [5.74, 6) is 0.866. The Morgan fingerprint density at radius 3 is 2.75 bits per heavy atom. The topological polar surface area (TPSA) is 67.3 Å². The highest BCUT2D eigenvalue weighted by molar-refractivity contribution is 5.30. The molecule has 0 aromatic carbocycles. The summed E-state index contributed by atoms with van der Waals surface area (Å²) in [5.41, 5.74) is 6.30. The zero-order valence-electron chi connectivity index (χ0n) is 12.1. The Kier molecular flexibility index (Phi) is 4.27. The van der Waals surface area contributed by atoms with Crippen LogP contribution in [0.2, 0.25) is 0 Å². The number of aliphatic hydroxyl groups is 1. The van der Waals surface area contributed by atoms with Gasteiger partial charge < -0.3 is 10.8 Å². The molecule has 1 aliphatic carbocycles. The number of nitrogen functional groups attached to an aromatic ring is 1. The van der Waals surface area contributed by atoms with Crippen LogP contribution >= 0.6 is 0 Å². The largest absolute Gasteiger partial charge is 0.396 e. The van der Waals surface area contributed by atoms with Crippen LogP contribution in [0.15, 0.2) is 12.4 Å². The Balaban J connectivity index is 1.53. The molecule has 3 rings (SSSR count). The van der Waals surface area contributed by atoms with Gasteiger partial charge in [-0.25, -0.2) is 0 Å². The van der Waals surface area contributed by atoms with Gasteiger partial charge in [0.2, 0.25) is 0 Å². The summed E-state index contributed by atoms with van der Waals surface area (Å²) < 4.78 is 1.74. The number of aliphatic hydroxyl groups excluding tert-OH is 1. The Morgan fingerprint density at radius 1 is 1.25 bits per heavy atom. The van der Waals surface area contributed by atoms with Gasteiger partial charge in [0.25, 0.3) is 0 Å². The molecule has 0 radical (unpaired) electrons. The second-order valence-electron chi connectivity index (χ2n) is 6.40. The third-order valence-corrected chi connectivity index (χ3v) is 4.85. The molecule has 2 unspecified atom stereocenters. The number of hydrogen-bond acceptors (Lipinski definition) is 4. The number of nitrogens with zero attached hydrogens (tertiary/aromatic N) is 3. The van der Waals surface area contributed by atoms with Crippen LogP contribution in [-0.4, -0.2) is 45.0 Å². The van der Waals surface area contributed by atoms with Gasteiger partial charge in [-0.3, -0.25) is 9.58 Å². The van der Waals surface area contributed by atoms with Gasteiger partial charge in [-0.15, -0.1) is 0 Å². The SMILES string of the molecule is Nc1cnn(CC(O)CN2CCCC2C2CCCC2)c1. The van der Waals surface area contributed by atoms with Crippen LogP contribution in [0.4, 0.5) is 5.69 Å². The molecule has 2 fully saturated rings. The lowest BCUT2D eigenvalue weighted by atomic mass is 9.96. The van der Waals surface area contributed by atoms with Crippen molar-refractivity contribution >= 4 is 5.69 Å². The van der Waals surface area contributed by atoms with Gasteiger partial charge in [0.05, 0.1) is 24.5 Å². The summed E-state index contributed by atoms with van der Waals surface area (Å²) in [6.45, 7) is 2.44. The molecule has 0 amide bonds. The molecule has 20 heavy (non-hydrogen) atoms. The molecule has 2 atom stereocenters. The number of β-amino-alcohol motifs (C(OH)–C–C–N with tert-alkyl or cyclic N) is 1. The van der Waals surface area contributed by atoms with E-state index < -0.39 is 0 Å². The first-order valence-corrected chi connectivity index (χ1v) is 7.92. The van der Waals surface area contributed by atoms with Crippen molar-refractivity contribution in [2.45, 2.75) is 57.2 Å². The number of aromatic nitrogens is 2. The number of likely N-dealkylation sites (tertiary alicyclic amines) is 1. The minimum atomic E-state index is -0.365. The normalized spacial score (nSPS) is 26.4. The van der Waals surface area contributed by atoms with Gasteiger partial charge in [-0.2, -0.15) is 5.10 Å². The molecule has 0 spiro atoms. The smallest absolute Gasteiger partial charge is 0.0862 e. The van der Waals surface area contributed by atoms with Crippen molar-refractivity contribution in [3.05, 3.63) is 12.4 Å². The highest BCUT2D eigenvalue weighted by Gasteiger charge is 2.33. The fourth-order valence-corrected chi connectivity index (χ4v) is 3.98. The van der Waals surface area contributed by atoms with E-state index in [0.29, 0.717) is 18.3 Å². The maximum Gasteiger partial charge on any atom is 0.0862 e. The van der Waals surface area contributed by atoms with Crippen LogP contribution in [-0.2, 0) is 6.54 Å². The first-order chi connectivity index (χ1) is 9.72. The van der Waals surface area contributed by atoms with E-state index in [0.717, 1.165) is 19.0 Å². The molecule has 1 saturated heterocycles. The highest BCUT2D eigenvalue weighted by atomic mass is 16.3. The zero-order chi connectivity index (χ0) is 13.9. The van der Waals surface area contributed by atoms with E-state index in [9.17, 15) is 5.11 Å². The molecule has 1 saturated carbocycles. The molecule has 3 N–H and O–H groups in total. The van der Waals surface area contributed by atoms with Crippen molar-refractivity contribution in [1.29, 1.82) is 0 Å². The van der Waals surface area contributed by atoms with E-state index in [-0.39, 0.29) is 6.10 Å². The minimum absolute atomic E-state index is 0.365. The molecule has 2 heterocycles. The van der Waals surface area contributed by atoms with E-state index in [2.05, 4.69) is 10.00 Å². The van der Waals surface area contributed by atoms with Crippen molar-refractivity contribution in [3.63, 3.8) is 0 Å². The Labute approximate surface area is 120 Å². The number of hydrogen-bond donors (Lipinski definition) is 2. The molecule has 1 aromatic rings. The molecule has 5 heteroatoms. The standard InChI is InChI=1S/C15H26N4O/c16-13-8-17-19(9-13)11-14(20)10-18-7-3-6-15(18)12-4-1-2-5-12/h8-9,12,14-15,20H,1-7,10-11,16H2. The molecule has 0 bridgehead atoms. The third kappa shape index (κ3) is 3.15. The van der Waals surface area contributed by atoms with Gasteiger partial charge in [-0.05, 0) is 38.1 Å². The van der Waals surface area contributed by atoms with Crippen LogP contribution in [0.5, 0.6) is 0 Å². The molecule has 1 aliphatic heterocycles. The van der Waals surface area contributed by atoms with Crippen molar-refractivity contribution in [3.8, 4) is 0 Å². The molecular weight excluding hydrogens is 252 g/mol. The lowest BCUT2D eigenvalue weighted by molar-refractivity contribution is 0.0757. The lowest BCUT2D eigenvalue weighted by Gasteiger charge is -2.30. The molecule has 2 aliphatic rings. The van der Waals surface area contributed by atoms with Gasteiger partial charge in [0.15, 0.2) is 0 Å². The van der Waals surface area contributed by atoms with Crippen molar-refractivity contribution in [1.82, 2.24) is 14.7 Å². The summed E-state index contributed by atoms with van der Waals surface area (Å²) in [6.07, 6.45) is 11.2. The van der Waals surface area contributed by atoms with Crippen molar-refractivity contribution < 1.29 is 5.11 Å². The highest BCUT2D eigenvalue weighted by Crippen LogP contribution is 2.35. The summed E-state index contributed by atoms with van der Waals surface area (Å²) in [4.78, 5) is 2.51. The minimum Gasteiger partial charge on any atom is -0.396 e. The van der Waals surface area contributed by atoms with E-state index in [1.165, 1.54) is 38.5 Å². The second-order valence-corrected chi connectivity index (χ2v) is 6.40. The van der Waals surface area contributed by atoms with E-state index in [1.807, 2.05) is 0 Å². The lowest BCUT2D eigenvalue weighted by Crippen LogP contribution is -2.41. The van der Waals surface area contributed by atoms with E-state index in [1.54, 1.807) is 17.1 Å². The van der Waals surface area contributed by atoms with Crippen LogP contribution in [0.3, 0.4) is 0 Å². The first-order valence-electron chi connectivity index (χ1n) is 7.92. The summed E-state index contributed by atoms with van der Waals surface area (Å²) >= 11 is 0. The predicted octanol–water partition coefficient (Wildman–Crippen LogP) is 1.48. The monoisotopic (exact) mass is 278 g/mol. The number of nitrogens with two attached hydrogens (primary N) is 1. The van der Waals surface area contributed by atoms with Gasteiger partial charge in [0.1, 0.15) is 0 Å². The van der Waals surface area contributed by atoms with Gasteiger partial charge >= 0.3 is 0 Å². The fourth-order valence-electron chi connectivity index (χ4n) is 3.98. The first kappa shape index (κ1) is 13.9. The van der Waals surface area contributed by atoms with Crippen LogP contribution in [0.25, 0.3) is 0 Å². The number of rotatable bonds is 5. The van der Waals surface area contributed by atoms with Gasteiger partial charge in [0, 0.05) is 18.8 Å². The maximum absolute atomic E-state index is 10.3. The van der Waals surface area contributed by atoms with Crippen LogP contribution in [0.1, 0.15) is 38.5 Å². The Hall–Kier alpha value is -1.07.